The van der Waals surface area contributed by atoms with Crippen LogP contribution in [0.25, 0.3) is 33.0 Å². The van der Waals surface area contributed by atoms with Gasteiger partial charge in [0.1, 0.15) is 53.6 Å². The molecule has 3 aromatic heterocycles. The van der Waals surface area contributed by atoms with Gasteiger partial charge in [0.25, 0.3) is 21.9 Å². The van der Waals surface area contributed by atoms with Gasteiger partial charge < -0.3 is 40.2 Å². The lowest BCUT2D eigenvalue weighted by Gasteiger charge is -2.23. The van der Waals surface area contributed by atoms with E-state index >= 15 is 0 Å². The lowest BCUT2D eigenvalue weighted by atomic mass is 9.96. The number of halogens is 4. The number of anilines is 1. The SMILES string of the molecule is COc1ncc(-c2ccc3cccc(-c4ccc(COC(=O)OCCSSCC(NC(=O)CCC(=O)NCc5cc(C(=O)NC(C)C(=O)N6CC(F)(F)CC6C#N)ccn5)C(=O)O)nc4)c3c2)cc1NS(=O)(=O)c1ccc(F)cc1F. The Morgan fingerprint density at radius 1 is 0.877 bits per heavy atom. The summed E-state index contributed by atoms with van der Waals surface area (Å²) in [6.07, 6.45) is 1.91. The minimum atomic E-state index is -4.52. The molecule has 3 aromatic carbocycles. The number of carboxylic acid groups (broad SMARTS) is 1. The number of fused-ring (bicyclic) bond motifs is 1. The fraction of sp³-hybridized carbons (Fsp3) is 0.283. The molecule has 1 aliphatic rings. The number of rotatable bonds is 24. The maximum Gasteiger partial charge on any atom is 0.508 e. The first-order valence-corrected chi connectivity index (χ1v) is 28.3. The van der Waals surface area contributed by atoms with Crippen molar-refractivity contribution >= 4 is 83.8 Å². The number of pyridine rings is 3. The van der Waals surface area contributed by atoms with Crippen molar-refractivity contribution in [1.82, 2.24) is 35.8 Å². The van der Waals surface area contributed by atoms with Crippen LogP contribution in [0.1, 0.15) is 47.9 Å². The Hall–Kier alpha value is -8.55. The second-order valence-corrected chi connectivity index (χ2v) is 22.1. The Kier molecular flexibility index (Phi) is 20.1. The third-order valence-electron chi connectivity index (χ3n) is 12.0. The van der Waals surface area contributed by atoms with E-state index in [-0.39, 0.29) is 66.9 Å². The third kappa shape index (κ3) is 16.3. The molecule has 1 fully saturated rings. The molecule has 424 valence electrons. The highest BCUT2D eigenvalue weighted by molar-refractivity contribution is 8.76. The predicted molar refractivity (Wildman–Crippen MR) is 288 cm³/mol. The van der Waals surface area contributed by atoms with Crippen LogP contribution in [0.15, 0.2) is 108 Å². The van der Waals surface area contributed by atoms with Crippen molar-refractivity contribution in [2.75, 3.05) is 36.5 Å². The molecule has 81 heavy (non-hydrogen) atoms. The molecule has 3 unspecified atom stereocenters. The standard InChI is InChI=1S/C53H49F4N9O12S3/c1-30(50(70)66-29-53(56,57)22-39(66)23-58)63-48(69)33-14-15-59-38(18-33)26-61-46(67)12-13-47(68)64-44(51(71)72)28-80-79-17-16-77-52(73)78-27-37-10-8-34(24-60-37)40-5-3-4-31-6-7-32(19-41(31)40)35-20-43(49(76-2)62-25-35)65-81(74,75)45-11-9-36(54)21-42(45)55/h3-11,14-15,18-21,24-25,30,39,44,65H,12-13,16-17,22,26-29H2,1-2H3,(H,61,67)(H,63,69)(H,64,68)(H,71,72). The minimum absolute atomic E-state index is 0.0432. The van der Waals surface area contributed by atoms with Crippen molar-refractivity contribution in [3.8, 4) is 34.2 Å². The summed E-state index contributed by atoms with van der Waals surface area (Å²) in [5.41, 5.74) is 3.24. The van der Waals surface area contributed by atoms with E-state index in [4.69, 9.17) is 14.2 Å². The van der Waals surface area contributed by atoms with Crippen LogP contribution in [0, 0.1) is 23.0 Å². The molecule has 0 aliphatic carbocycles. The molecule has 4 amide bonds. The van der Waals surface area contributed by atoms with Crippen LogP contribution in [0.5, 0.6) is 5.88 Å². The van der Waals surface area contributed by atoms with Gasteiger partial charge in [0.15, 0.2) is 0 Å². The zero-order valence-electron chi connectivity index (χ0n) is 42.8. The number of aliphatic carboxylic acids is 1. The number of likely N-dealkylation sites (tertiary alicyclic amines) is 1. The van der Waals surface area contributed by atoms with E-state index in [1.165, 1.54) is 55.4 Å². The summed E-state index contributed by atoms with van der Waals surface area (Å²) in [6, 6.07) is 18.7. The van der Waals surface area contributed by atoms with Gasteiger partial charge in [-0.2, -0.15) is 5.26 Å². The van der Waals surface area contributed by atoms with Gasteiger partial charge >= 0.3 is 12.1 Å². The van der Waals surface area contributed by atoms with E-state index in [2.05, 4.69) is 35.6 Å². The van der Waals surface area contributed by atoms with Crippen molar-refractivity contribution in [2.24, 2.45) is 0 Å². The first-order valence-electron chi connectivity index (χ1n) is 24.3. The van der Waals surface area contributed by atoms with Gasteiger partial charge in [-0.1, -0.05) is 58.0 Å². The fourth-order valence-corrected chi connectivity index (χ4v) is 11.1. The molecule has 1 saturated heterocycles. The molecule has 4 heterocycles. The average molecular weight is 1180 g/mol. The van der Waals surface area contributed by atoms with E-state index in [0.717, 1.165) is 49.7 Å². The van der Waals surface area contributed by atoms with Crippen molar-refractivity contribution in [3.05, 3.63) is 132 Å². The molecule has 6 aromatic rings. The maximum atomic E-state index is 14.5. The van der Waals surface area contributed by atoms with E-state index in [1.54, 1.807) is 24.4 Å². The van der Waals surface area contributed by atoms with Crippen molar-refractivity contribution in [1.29, 1.82) is 5.26 Å². The second-order valence-electron chi connectivity index (χ2n) is 17.9. The smallest absolute Gasteiger partial charge is 0.480 e. The molecule has 5 N–H and O–H groups in total. The molecule has 28 heteroatoms. The molecule has 1 aliphatic heterocycles. The number of sulfonamides is 1. The quantitative estimate of drug-likeness (QED) is 0.0176. The Morgan fingerprint density at radius 3 is 2.37 bits per heavy atom. The van der Waals surface area contributed by atoms with Gasteiger partial charge in [-0.05, 0) is 71.3 Å². The highest BCUT2D eigenvalue weighted by atomic mass is 33.1. The van der Waals surface area contributed by atoms with Gasteiger partial charge in [-0.15, -0.1) is 0 Å². The highest BCUT2D eigenvalue weighted by Crippen LogP contribution is 2.36. The number of amides is 4. The number of hydrogen-bond donors (Lipinski definition) is 5. The average Bonchev–Trinajstić information content (AvgIpc) is 3.87. The summed E-state index contributed by atoms with van der Waals surface area (Å²) in [4.78, 5) is 87.7. The summed E-state index contributed by atoms with van der Waals surface area (Å²) >= 11 is 0. The third-order valence-corrected chi connectivity index (χ3v) is 15.8. The molecule has 0 bridgehead atoms. The molecule has 3 atom stereocenters. The predicted octanol–water partition coefficient (Wildman–Crippen LogP) is 7.03. The Morgan fingerprint density at radius 2 is 1.64 bits per heavy atom. The van der Waals surface area contributed by atoms with E-state index in [0.29, 0.717) is 22.9 Å². The highest BCUT2D eigenvalue weighted by Gasteiger charge is 2.48. The number of carboxylic acids is 1. The number of nitriles is 1. The molecule has 0 radical (unpaired) electrons. The Labute approximate surface area is 468 Å². The van der Waals surface area contributed by atoms with Crippen LogP contribution in [-0.4, -0.2) is 125 Å². The number of hydrogen-bond acceptors (Lipinski definition) is 17. The first kappa shape index (κ1) is 60.1. The Bertz CT molecular complexity index is 3510. The van der Waals surface area contributed by atoms with Gasteiger partial charge in [0, 0.05) is 72.1 Å². The lowest BCUT2D eigenvalue weighted by Crippen LogP contribution is -2.48. The number of benzene rings is 3. The van der Waals surface area contributed by atoms with E-state index in [1.807, 2.05) is 36.4 Å². The summed E-state index contributed by atoms with van der Waals surface area (Å²) < 4.78 is 99.8. The van der Waals surface area contributed by atoms with Crippen LogP contribution in [-0.2, 0) is 51.8 Å². The number of aromatic nitrogens is 3. The van der Waals surface area contributed by atoms with Gasteiger partial charge in [-0.3, -0.25) is 33.9 Å². The largest absolute Gasteiger partial charge is 0.508 e. The molecular formula is C53H49F4N9O12S3. The van der Waals surface area contributed by atoms with Crippen molar-refractivity contribution in [2.45, 2.75) is 68.3 Å². The monoisotopic (exact) mass is 1180 g/mol. The first-order chi connectivity index (χ1) is 38.6. The van der Waals surface area contributed by atoms with Gasteiger partial charge in [0.2, 0.25) is 23.6 Å². The second kappa shape index (κ2) is 27.1. The lowest BCUT2D eigenvalue weighted by molar-refractivity contribution is -0.141. The molecule has 21 nitrogen and oxygen atoms in total. The van der Waals surface area contributed by atoms with E-state index < -0.39 is 99.3 Å². The molecule has 0 saturated carbocycles. The fourth-order valence-electron chi connectivity index (χ4n) is 8.04. The van der Waals surface area contributed by atoms with Crippen LogP contribution in [0.2, 0.25) is 0 Å². The van der Waals surface area contributed by atoms with Crippen molar-refractivity contribution < 1.29 is 74.1 Å². The summed E-state index contributed by atoms with van der Waals surface area (Å²) in [7, 11) is -0.959. The molecule has 7 rings (SSSR count). The van der Waals surface area contributed by atoms with Gasteiger partial charge in [0.05, 0.1) is 37.7 Å². The number of nitrogens with zero attached hydrogens (tertiary/aromatic N) is 5. The summed E-state index contributed by atoms with van der Waals surface area (Å²) in [5, 5.41) is 27.9. The van der Waals surface area contributed by atoms with Crippen molar-refractivity contribution in [3.63, 3.8) is 0 Å². The molecular weight excluding hydrogens is 1130 g/mol. The number of ether oxygens (including phenoxy) is 3. The number of methoxy groups -OCH3 is 1. The number of nitrogens with one attached hydrogen (secondary N) is 4. The number of carbonyl (C=O) groups is 6. The normalized spacial score (nSPS) is 14.4. The maximum absolute atomic E-state index is 14.5. The zero-order chi connectivity index (χ0) is 58.4. The topological polar surface area (TPSA) is 298 Å². The van der Waals surface area contributed by atoms with Crippen LogP contribution < -0.4 is 25.4 Å². The van der Waals surface area contributed by atoms with E-state index in [9.17, 15) is 65.1 Å². The number of carbonyl (C=O) groups excluding carboxylic acids is 5. The van der Waals surface area contributed by atoms with Crippen LogP contribution in [0.3, 0.4) is 0 Å². The molecule has 0 spiro atoms. The van der Waals surface area contributed by atoms with Gasteiger partial charge in [-0.25, -0.2) is 40.6 Å². The van der Waals surface area contributed by atoms with Crippen LogP contribution >= 0.6 is 21.6 Å². The summed E-state index contributed by atoms with van der Waals surface area (Å²) in [5.74, 6) is -9.56. The minimum Gasteiger partial charge on any atom is -0.480 e. The Balaban J connectivity index is 0.803. The zero-order valence-corrected chi connectivity index (χ0v) is 45.3. The number of alkyl halides is 2. The van der Waals surface area contributed by atoms with Crippen LogP contribution in [0.4, 0.5) is 28.0 Å². The summed E-state index contributed by atoms with van der Waals surface area (Å²) in [6.45, 7) is -0.112.